The fraction of sp³-hybridized carbons (Fsp3) is 0.800. The molecule has 3 N–H and O–H groups in total. The molecule has 17 heavy (non-hydrogen) atoms. The van der Waals surface area contributed by atoms with E-state index in [1.54, 1.807) is 11.8 Å². The highest BCUT2D eigenvalue weighted by atomic mass is 32.2. The van der Waals surface area contributed by atoms with E-state index in [1.807, 2.05) is 13.2 Å². The van der Waals surface area contributed by atoms with Crippen LogP contribution in [0.15, 0.2) is 0 Å². The molecule has 98 valence electrons. The molecule has 0 saturated carbocycles. The smallest absolute Gasteiger partial charge is 0.332 e. The number of nitrogens with one attached hydrogen (secondary N) is 2. The van der Waals surface area contributed by atoms with E-state index < -0.39 is 17.5 Å². The van der Waals surface area contributed by atoms with E-state index in [9.17, 15) is 9.59 Å². The molecule has 0 spiro atoms. The van der Waals surface area contributed by atoms with Gasteiger partial charge in [0.15, 0.2) is 5.54 Å². The average Bonchev–Trinajstić information content (AvgIpc) is 2.67. The van der Waals surface area contributed by atoms with Crippen LogP contribution in [0.3, 0.4) is 0 Å². The van der Waals surface area contributed by atoms with Crippen molar-refractivity contribution in [3.63, 3.8) is 0 Å². The minimum absolute atomic E-state index is 0.00170. The van der Waals surface area contributed by atoms with Crippen LogP contribution in [0, 0.1) is 0 Å². The third kappa shape index (κ3) is 3.78. The Hall–Kier alpha value is -0.950. The highest BCUT2D eigenvalue weighted by Crippen LogP contribution is 2.18. The van der Waals surface area contributed by atoms with E-state index in [4.69, 9.17) is 9.84 Å². The maximum atomic E-state index is 11.6. The zero-order chi connectivity index (χ0) is 12.9. The molecule has 1 fully saturated rings. The SMILES string of the molecule is CSCC(C)NC(=O)NC1(C(=O)O)CCOC1. The fourth-order valence-corrected chi connectivity index (χ4v) is 2.24. The van der Waals surface area contributed by atoms with Gasteiger partial charge in [-0.25, -0.2) is 9.59 Å². The number of hydrogen-bond acceptors (Lipinski definition) is 4. The first-order valence-electron chi connectivity index (χ1n) is 5.39. The van der Waals surface area contributed by atoms with Gasteiger partial charge in [0, 0.05) is 24.8 Å². The first-order chi connectivity index (χ1) is 8.00. The number of thioether (sulfide) groups is 1. The van der Waals surface area contributed by atoms with Crippen LogP contribution in [0.25, 0.3) is 0 Å². The number of ether oxygens (including phenoxy) is 1. The monoisotopic (exact) mass is 262 g/mol. The lowest BCUT2D eigenvalue weighted by atomic mass is 9.99. The quantitative estimate of drug-likeness (QED) is 0.662. The molecule has 2 unspecified atom stereocenters. The number of hydrogen-bond donors (Lipinski definition) is 3. The minimum atomic E-state index is -1.27. The van der Waals surface area contributed by atoms with E-state index in [1.165, 1.54) is 0 Å². The molecule has 6 nitrogen and oxygen atoms in total. The van der Waals surface area contributed by atoms with E-state index in [2.05, 4.69) is 10.6 Å². The summed E-state index contributed by atoms with van der Waals surface area (Å²) in [6.07, 6.45) is 2.24. The Kier molecular flexibility index (Phi) is 5.07. The summed E-state index contributed by atoms with van der Waals surface area (Å²) in [4.78, 5) is 22.8. The van der Waals surface area contributed by atoms with E-state index in [0.717, 1.165) is 5.75 Å². The molecular formula is C10H18N2O4S. The van der Waals surface area contributed by atoms with Gasteiger partial charge in [-0.1, -0.05) is 0 Å². The molecular weight excluding hydrogens is 244 g/mol. The summed E-state index contributed by atoms with van der Waals surface area (Å²) < 4.78 is 5.05. The van der Waals surface area contributed by atoms with Gasteiger partial charge in [-0.15, -0.1) is 0 Å². The molecule has 0 aliphatic carbocycles. The standard InChI is InChI=1S/C10H18N2O4S/c1-7(5-17-2)11-9(15)12-10(8(13)14)3-4-16-6-10/h7H,3-6H2,1-2H3,(H,13,14)(H2,11,12,15). The summed E-state index contributed by atoms with van der Waals surface area (Å²) in [7, 11) is 0. The van der Waals surface area contributed by atoms with E-state index in [-0.39, 0.29) is 12.6 Å². The number of carbonyl (C=O) groups is 2. The van der Waals surface area contributed by atoms with Crippen LogP contribution in [0.4, 0.5) is 4.79 Å². The second kappa shape index (κ2) is 6.11. The van der Waals surface area contributed by atoms with E-state index >= 15 is 0 Å². The lowest BCUT2D eigenvalue weighted by Crippen LogP contribution is -2.58. The number of carboxylic acids is 1. The Morgan fingerprint density at radius 2 is 2.29 bits per heavy atom. The molecule has 1 rings (SSSR count). The summed E-state index contributed by atoms with van der Waals surface area (Å²) in [6.45, 7) is 2.24. The van der Waals surface area contributed by atoms with Crippen molar-refractivity contribution in [2.75, 3.05) is 25.2 Å². The summed E-state index contributed by atoms with van der Waals surface area (Å²) in [5.41, 5.74) is -1.27. The predicted octanol–water partition coefficient (Wildman–Crippen LogP) is 0.281. The normalized spacial score (nSPS) is 25.3. The molecule has 0 aromatic rings. The second-order valence-corrected chi connectivity index (χ2v) is 5.06. The summed E-state index contributed by atoms with van der Waals surface area (Å²) in [5.74, 6) is -0.271. The molecule has 1 aliphatic heterocycles. The van der Waals surface area contributed by atoms with Crippen molar-refractivity contribution < 1.29 is 19.4 Å². The van der Waals surface area contributed by atoms with Gasteiger partial charge in [-0.3, -0.25) is 0 Å². The highest BCUT2D eigenvalue weighted by molar-refractivity contribution is 7.98. The van der Waals surface area contributed by atoms with Crippen LogP contribution in [0.2, 0.25) is 0 Å². The summed E-state index contributed by atoms with van der Waals surface area (Å²) >= 11 is 1.62. The Morgan fingerprint density at radius 3 is 2.76 bits per heavy atom. The predicted molar refractivity (Wildman–Crippen MR) is 65.3 cm³/mol. The lowest BCUT2D eigenvalue weighted by molar-refractivity contribution is -0.144. The van der Waals surface area contributed by atoms with Gasteiger partial charge >= 0.3 is 12.0 Å². The van der Waals surface area contributed by atoms with Crippen LogP contribution in [-0.4, -0.2) is 53.9 Å². The molecule has 0 aromatic carbocycles. The number of urea groups is 1. The first-order valence-corrected chi connectivity index (χ1v) is 6.78. The van der Waals surface area contributed by atoms with Crippen molar-refractivity contribution in [3.8, 4) is 0 Å². The Morgan fingerprint density at radius 1 is 1.59 bits per heavy atom. The van der Waals surface area contributed by atoms with Crippen molar-refractivity contribution in [2.24, 2.45) is 0 Å². The van der Waals surface area contributed by atoms with Gasteiger partial charge in [0.05, 0.1) is 6.61 Å². The third-order valence-electron chi connectivity index (χ3n) is 2.58. The highest BCUT2D eigenvalue weighted by Gasteiger charge is 2.44. The summed E-state index contributed by atoms with van der Waals surface area (Å²) in [6, 6.07) is -0.461. The largest absolute Gasteiger partial charge is 0.479 e. The van der Waals surface area contributed by atoms with Gasteiger partial charge in [0.1, 0.15) is 0 Å². The topological polar surface area (TPSA) is 87.7 Å². The first kappa shape index (κ1) is 14.1. The molecule has 0 aromatic heterocycles. The van der Waals surface area contributed by atoms with Gasteiger partial charge in [-0.2, -0.15) is 11.8 Å². The number of amides is 2. The zero-order valence-electron chi connectivity index (χ0n) is 9.99. The Labute approximate surface area is 104 Å². The van der Waals surface area contributed by atoms with Crippen molar-refractivity contribution in [2.45, 2.75) is 24.9 Å². The molecule has 1 heterocycles. The second-order valence-electron chi connectivity index (χ2n) is 4.14. The molecule has 0 bridgehead atoms. The van der Waals surface area contributed by atoms with Crippen LogP contribution in [-0.2, 0) is 9.53 Å². The van der Waals surface area contributed by atoms with Crippen molar-refractivity contribution in [1.29, 1.82) is 0 Å². The van der Waals surface area contributed by atoms with Gasteiger partial charge in [0.25, 0.3) is 0 Å². The van der Waals surface area contributed by atoms with Crippen LogP contribution >= 0.6 is 11.8 Å². The average molecular weight is 262 g/mol. The fourth-order valence-electron chi connectivity index (χ4n) is 1.65. The molecule has 1 saturated heterocycles. The van der Waals surface area contributed by atoms with Crippen molar-refractivity contribution >= 4 is 23.8 Å². The maximum Gasteiger partial charge on any atom is 0.332 e. The summed E-state index contributed by atoms with van der Waals surface area (Å²) in [5, 5.41) is 14.3. The van der Waals surface area contributed by atoms with Crippen LogP contribution in [0.1, 0.15) is 13.3 Å². The molecule has 2 amide bonds. The number of carboxylic acid groups (broad SMARTS) is 1. The van der Waals surface area contributed by atoms with Crippen molar-refractivity contribution in [1.82, 2.24) is 10.6 Å². The minimum Gasteiger partial charge on any atom is -0.479 e. The number of rotatable bonds is 5. The zero-order valence-corrected chi connectivity index (χ0v) is 10.8. The van der Waals surface area contributed by atoms with Crippen LogP contribution in [0.5, 0.6) is 0 Å². The Balaban J connectivity index is 2.51. The Bertz CT molecular complexity index is 292. The van der Waals surface area contributed by atoms with Gasteiger partial charge in [-0.05, 0) is 13.2 Å². The van der Waals surface area contributed by atoms with Gasteiger partial charge < -0.3 is 20.5 Å². The van der Waals surface area contributed by atoms with E-state index in [0.29, 0.717) is 13.0 Å². The third-order valence-corrected chi connectivity index (χ3v) is 3.41. The maximum absolute atomic E-state index is 11.6. The van der Waals surface area contributed by atoms with Gasteiger partial charge in [0.2, 0.25) is 0 Å². The molecule has 1 aliphatic rings. The molecule has 7 heteroatoms. The lowest BCUT2D eigenvalue weighted by Gasteiger charge is -2.25. The number of aliphatic carboxylic acids is 1. The molecule has 2 atom stereocenters. The van der Waals surface area contributed by atoms with Crippen LogP contribution < -0.4 is 10.6 Å². The number of carbonyl (C=O) groups excluding carboxylic acids is 1. The molecule has 0 radical (unpaired) electrons. The van der Waals surface area contributed by atoms with Crippen molar-refractivity contribution in [3.05, 3.63) is 0 Å².